The van der Waals surface area contributed by atoms with Crippen LogP contribution in [0.3, 0.4) is 0 Å². The van der Waals surface area contributed by atoms with Crippen molar-refractivity contribution in [2.45, 2.75) is 33.1 Å². The average Bonchev–Trinajstić information content (AvgIpc) is 2.79. The number of benzene rings is 2. The SMILES string of the molecule is Cc1cccc(-c2ccc3c(c2)CCC3)c1C. The predicted molar refractivity (Wildman–Crippen MR) is 73.4 cm³/mol. The lowest BCUT2D eigenvalue weighted by atomic mass is 9.95. The minimum absolute atomic E-state index is 1.26. The van der Waals surface area contributed by atoms with Crippen molar-refractivity contribution in [3.63, 3.8) is 0 Å². The van der Waals surface area contributed by atoms with E-state index in [-0.39, 0.29) is 0 Å². The Labute approximate surface area is 103 Å². The average molecular weight is 222 g/mol. The second-order valence-corrected chi connectivity index (χ2v) is 5.08. The van der Waals surface area contributed by atoms with Crippen LogP contribution in [0.5, 0.6) is 0 Å². The van der Waals surface area contributed by atoms with Crippen LogP contribution >= 0.6 is 0 Å². The summed E-state index contributed by atoms with van der Waals surface area (Å²) >= 11 is 0. The molecule has 0 bridgehead atoms. The minimum Gasteiger partial charge on any atom is -0.0614 e. The van der Waals surface area contributed by atoms with E-state index in [1.807, 2.05) is 0 Å². The molecule has 0 heterocycles. The molecule has 1 aliphatic carbocycles. The molecule has 0 saturated carbocycles. The Morgan fingerprint density at radius 1 is 0.882 bits per heavy atom. The molecule has 0 saturated heterocycles. The summed E-state index contributed by atoms with van der Waals surface area (Å²) < 4.78 is 0. The molecule has 0 aliphatic heterocycles. The second-order valence-electron chi connectivity index (χ2n) is 5.08. The molecule has 0 heteroatoms. The number of hydrogen-bond acceptors (Lipinski definition) is 0. The van der Waals surface area contributed by atoms with Crippen molar-refractivity contribution in [1.29, 1.82) is 0 Å². The predicted octanol–water partition coefficient (Wildman–Crippen LogP) is 4.46. The Hall–Kier alpha value is -1.56. The monoisotopic (exact) mass is 222 g/mol. The van der Waals surface area contributed by atoms with Crippen LogP contribution in [-0.4, -0.2) is 0 Å². The molecule has 0 spiro atoms. The molecule has 17 heavy (non-hydrogen) atoms. The molecule has 0 radical (unpaired) electrons. The van der Waals surface area contributed by atoms with E-state index in [9.17, 15) is 0 Å². The molecular formula is C17H18. The van der Waals surface area contributed by atoms with E-state index >= 15 is 0 Å². The van der Waals surface area contributed by atoms with Crippen molar-refractivity contribution in [1.82, 2.24) is 0 Å². The zero-order valence-electron chi connectivity index (χ0n) is 10.6. The zero-order chi connectivity index (χ0) is 11.8. The van der Waals surface area contributed by atoms with Crippen LogP contribution in [0.4, 0.5) is 0 Å². The fourth-order valence-corrected chi connectivity index (χ4v) is 2.80. The molecule has 0 unspecified atom stereocenters. The van der Waals surface area contributed by atoms with Crippen LogP contribution in [0.25, 0.3) is 11.1 Å². The smallest absolute Gasteiger partial charge is 0.0152 e. The van der Waals surface area contributed by atoms with Gasteiger partial charge in [0, 0.05) is 0 Å². The van der Waals surface area contributed by atoms with Gasteiger partial charge in [-0.25, -0.2) is 0 Å². The Morgan fingerprint density at radius 3 is 2.59 bits per heavy atom. The Morgan fingerprint density at radius 2 is 1.71 bits per heavy atom. The van der Waals surface area contributed by atoms with E-state index in [0.717, 1.165) is 0 Å². The lowest BCUT2D eigenvalue weighted by Gasteiger charge is -2.10. The topological polar surface area (TPSA) is 0 Å². The third kappa shape index (κ3) is 1.78. The second kappa shape index (κ2) is 4.03. The van der Waals surface area contributed by atoms with Crippen molar-refractivity contribution in [3.05, 3.63) is 58.7 Å². The maximum Gasteiger partial charge on any atom is -0.0152 e. The number of hydrogen-bond donors (Lipinski definition) is 0. The van der Waals surface area contributed by atoms with Crippen LogP contribution in [0.1, 0.15) is 28.7 Å². The summed E-state index contributed by atoms with van der Waals surface area (Å²) in [6.07, 6.45) is 3.85. The van der Waals surface area contributed by atoms with Gasteiger partial charge in [-0.1, -0.05) is 36.4 Å². The summed E-state index contributed by atoms with van der Waals surface area (Å²) in [7, 11) is 0. The van der Waals surface area contributed by atoms with Crippen molar-refractivity contribution in [3.8, 4) is 11.1 Å². The molecule has 0 atom stereocenters. The van der Waals surface area contributed by atoms with Crippen molar-refractivity contribution >= 4 is 0 Å². The third-order valence-electron chi connectivity index (χ3n) is 4.01. The van der Waals surface area contributed by atoms with Crippen molar-refractivity contribution in [2.24, 2.45) is 0 Å². The van der Waals surface area contributed by atoms with Crippen LogP contribution in [0.15, 0.2) is 36.4 Å². The van der Waals surface area contributed by atoms with E-state index in [2.05, 4.69) is 50.2 Å². The van der Waals surface area contributed by atoms with Gasteiger partial charge in [0.1, 0.15) is 0 Å². The van der Waals surface area contributed by atoms with Gasteiger partial charge in [-0.3, -0.25) is 0 Å². The van der Waals surface area contributed by atoms with Gasteiger partial charge in [-0.05, 0) is 66.5 Å². The van der Waals surface area contributed by atoms with E-state index in [1.54, 1.807) is 11.1 Å². The van der Waals surface area contributed by atoms with Crippen LogP contribution in [0.2, 0.25) is 0 Å². The quantitative estimate of drug-likeness (QED) is 0.668. The maximum absolute atomic E-state index is 2.39. The maximum atomic E-state index is 2.39. The molecule has 2 aromatic carbocycles. The van der Waals surface area contributed by atoms with Gasteiger partial charge in [0.25, 0.3) is 0 Å². The third-order valence-corrected chi connectivity index (χ3v) is 4.01. The first-order valence-electron chi connectivity index (χ1n) is 6.44. The fraction of sp³-hybridized carbons (Fsp3) is 0.294. The molecule has 2 aromatic rings. The molecule has 1 aliphatic rings. The van der Waals surface area contributed by atoms with Gasteiger partial charge in [-0.2, -0.15) is 0 Å². The van der Waals surface area contributed by atoms with Gasteiger partial charge < -0.3 is 0 Å². The summed E-state index contributed by atoms with van der Waals surface area (Å²) in [6, 6.07) is 13.6. The Bertz CT molecular complexity index is 564. The van der Waals surface area contributed by atoms with Gasteiger partial charge in [0.2, 0.25) is 0 Å². The Balaban J connectivity index is 2.13. The highest BCUT2D eigenvalue weighted by Gasteiger charge is 2.12. The number of fused-ring (bicyclic) bond motifs is 1. The van der Waals surface area contributed by atoms with Crippen LogP contribution in [0, 0.1) is 13.8 Å². The molecule has 0 aromatic heterocycles. The first-order chi connectivity index (χ1) is 8.25. The highest BCUT2D eigenvalue weighted by atomic mass is 14.2. The minimum atomic E-state index is 1.26. The highest BCUT2D eigenvalue weighted by molar-refractivity contribution is 5.69. The van der Waals surface area contributed by atoms with Gasteiger partial charge in [0.15, 0.2) is 0 Å². The largest absolute Gasteiger partial charge is 0.0614 e. The molecular weight excluding hydrogens is 204 g/mol. The van der Waals surface area contributed by atoms with Crippen LogP contribution < -0.4 is 0 Å². The first-order valence-corrected chi connectivity index (χ1v) is 6.44. The molecule has 3 rings (SSSR count). The summed E-state index contributed by atoms with van der Waals surface area (Å²) in [5.41, 5.74) is 8.67. The van der Waals surface area contributed by atoms with Gasteiger partial charge in [-0.15, -0.1) is 0 Å². The fourth-order valence-electron chi connectivity index (χ4n) is 2.80. The Kier molecular flexibility index (Phi) is 2.51. The zero-order valence-corrected chi connectivity index (χ0v) is 10.6. The van der Waals surface area contributed by atoms with Gasteiger partial charge in [0.05, 0.1) is 0 Å². The summed E-state index contributed by atoms with van der Waals surface area (Å²) in [5.74, 6) is 0. The van der Waals surface area contributed by atoms with Crippen LogP contribution in [-0.2, 0) is 12.8 Å². The molecule has 86 valence electrons. The summed E-state index contributed by atoms with van der Waals surface area (Å²) in [5, 5.41) is 0. The van der Waals surface area contributed by atoms with Crippen molar-refractivity contribution < 1.29 is 0 Å². The number of aryl methyl sites for hydroxylation is 3. The summed E-state index contributed by atoms with van der Waals surface area (Å²) in [6.45, 7) is 4.41. The normalized spacial score (nSPS) is 13.8. The molecule has 0 amide bonds. The van der Waals surface area contributed by atoms with E-state index < -0.39 is 0 Å². The molecule has 0 N–H and O–H groups in total. The first kappa shape index (κ1) is 10.6. The molecule has 0 nitrogen and oxygen atoms in total. The standard InChI is InChI=1S/C17H18/c1-12-5-3-8-17(13(12)2)16-10-9-14-6-4-7-15(14)11-16/h3,5,8-11H,4,6-7H2,1-2H3. The van der Waals surface area contributed by atoms with E-state index in [1.165, 1.54) is 41.5 Å². The summed E-state index contributed by atoms with van der Waals surface area (Å²) in [4.78, 5) is 0. The lowest BCUT2D eigenvalue weighted by molar-refractivity contribution is 0.912. The lowest BCUT2D eigenvalue weighted by Crippen LogP contribution is -1.89. The highest BCUT2D eigenvalue weighted by Crippen LogP contribution is 2.30. The van der Waals surface area contributed by atoms with Crippen molar-refractivity contribution in [2.75, 3.05) is 0 Å². The number of rotatable bonds is 1. The van der Waals surface area contributed by atoms with E-state index in [0.29, 0.717) is 0 Å². The van der Waals surface area contributed by atoms with Gasteiger partial charge >= 0.3 is 0 Å². The molecule has 0 fully saturated rings. The van der Waals surface area contributed by atoms with E-state index in [4.69, 9.17) is 0 Å².